The van der Waals surface area contributed by atoms with Gasteiger partial charge in [0, 0.05) is 36.4 Å². The van der Waals surface area contributed by atoms with Crippen LogP contribution in [0.15, 0.2) is 84.5 Å². The van der Waals surface area contributed by atoms with Gasteiger partial charge in [-0.2, -0.15) is 0 Å². The van der Waals surface area contributed by atoms with Crippen molar-refractivity contribution in [2.24, 2.45) is 0 Å². The highest BCUT2D eigenvalue weighted by molar-refractivity contribution is 7.78. The molecule has 0 radical (unpaired) electrons. The zero-order valence-corrected chi connectivity index (χ0v) is 37.6. The first-order valence-electron chi connectivity index (χ1n) is 20.2. The van der Waals surface area contributed by atoms with Crippen LogP contribution in [0.1, 0.15) is 75.2 Å². The van der Waals surface area contributed by atoms with E-state index in [-0.39, 0.29) is 18.3 Å². The lowest BCUT2D eigenvalue weighted by Crippen LogP contribution is -2.56. The fourth-order valence-corrected chi connectivity index (χ4v) is 18.7. The van der Waals surface area contributed by atoms with Crippen molar-refractivity contribution in [2.45, 2.75) is 148 Å². The maximum absolute atomic E-state index is 15.1. The van der Waals surface area contributed by atoms with Gasteiger partial charge in [0.2, 0.25) is 0 Å². The quantitative estimate of drug-likeness (QED) is 0.0640. The standard InChI is InChI=1S/C42H71O5PSi3/c1-11-49(12-2,13-3)45-33-26-32-44-42-40(46-50(14-4,15-5)16-6)35-37(36(10)41(42)47-51(17-7,18-8)19-9)31-34-48(43,38-27-22-20-23-28-38)39-29-24-21-25-30-39/h20-25,27-31,40-42H,10-19,26,32-35H2,1-9H3/t40-,41-,42-/m1/s1. The van der Waals surface area contributed by atoms with Crippen LogP contribution in [0.4, 0.5) is 0 Å². The van der Waals surface area contributed by atoms with Crippen LogP contribution in [0.2, 0.25) is 54.4 Å². The van der Waals surface area contributed by atoms with Gasteiger partial charge in [0.15, 0.2) is 25.0 Å². The van der Waals surface area contributed by atoms with Crippen molar-refractivity contribution in [1.82, 2.24) is 0 Å². The van der Waals surface area contributed by atoms with E-state index in [1.807, 2.05) is 60.7 Å². The predicted octanol–water partition coefficient (Wildman–Crippen LogP) is 11.5. The van der Waals surface area contributed by atoms with E-state index in [0.717, 1.165) is 89.2 Å². The van der Waals surface area contributed by atoms with E-state index >= 15 is 4.57 Å². The third-order valence-electron chi connectivity index (χ3n) is 12.4. The van der Waals surface area contributed by atoms with Crippen LogP contribution in [0.3, 0.4) is 0 Å². The van der Waals surface area contributed by atoms with E-state index in [0.29, 0.717) is 19.2 Å². The summed E-state index contributed by atoms with van der Waals surface area (Å²) < 4.78 is 43.5. The summed E-state index contributed by atoms with van der Waals surface area (Å²) in [5.41, 5.74) is 2.09. The number of ether oxygens (including phenoxy) is 1. The average Bonchev–Trinajstić information content (AvgIpc) is 3.19. The Balaban J connectivity index is 2.07. The number of rotatable bonds is 23. The maximum atomic E-state index is 15.1. The Bertz CT molecular complexity index is 1320. The minimum atomic E-state index is -2.96. The fraction of sp³-hybridized carbons (Fsp3) is 0.619. The van der Waals surface area contributed by atoms with Gasteiger partial charge in [-0.15, -0.1) is 0 Å². The predicted molar refractivity (Wildman–Crippen MR) is 228 cm³/mol. The molecular weight excluding hydrogens is 700 g/mol. The molecule has 0 heterocycles. The van der Waals surface area contributed by atoms with Crippen LogP contribution < -0.4 is 10.6 Å². The third-order valence-corrected chi connectivity index (χ3v) is 29.3. The molecule has 0 amide bonds. The average molecular weight is 771 g/mol. The first kappa shape index (κ1) is 44.0. The second kappa shape index (κ2) is 20.9. The molecule has 51 heavy (non-hydrogen) atoms. The zero-order valence-electron chi connectivity index (χ0n) is 33.7. The molecule has 286 valence electrons. The second-order valence-corrected chi connectivity index (χ2v) is 31.6. The lowest BCUT2D eigenvalue weighted by Gasteiger charge is -2.47. The molecule has 5 nitrogen and oxygen atoms in total. The van der Waals surface area contributed by atoms with Crippen LogP contribution in [-0.2, 0) is 22.6 Å². The van der Waals surface area contributed by atoms with E-state index in [1.54, 1.807) is 0 Å². The lowest BCUT2D eigenvalue weighted by atomic mass is 9.84. The van der Waals surface area contributed by atoms with Crippen LogP contribution >= 0.6 is 7.14 Å². The van der Waals surface area contributed by atoms with Crippen molar-refractivity contribution < 1.29 is 22.6 Å². The molecule has 0 saturated heterocycles. The minimum absolute atomic E-state index is 0.153. The summed E-state index contributed by atoms with van der Waals surface area (Å²) in [6.07, 6.45) is 3.48. The molecule has 1 aliphatic rings. The van der Waals surface area contributed by atoms with Crippen LogP contribution in [0.5, 0.6) is 0 Å². The summed E-state index contributed by atoms with van der Waals surface area (Å²) in [5, 5.41) is 1.76. The summed E-state index contributed by atoms with van der Waals surface area (Å²) in [6.45, 7) is 26.7. The molecule has 0 aliphatic heterocycles. The zero-order chi connectivity index (χ0) is 37.5. The molecule has 0 unspecified atom stereocenters. The Labute approximate surface area is 315 Å². The fourth-order valence-electron chi connectivity index (χ4n) is 7.85. The monoisotopic (exact) mass is 770 g/mol. The molecular formula is C42H71O5PSi3. The van der Waals surface area contributed by atoms with Crippen molar-refractivity contribution in [3.8, 4) is 0 Å². The summed E-state index contributed by atoms with van der Waals surface area (Å²) in [7, 11) is -8.72. The van der Waals surface area contributed by atoms with Crippen LogP contribution in [0, 0.1) is 0 Å². The summed E-state index contributed by atoms with van der Waals surface area (Å²) in [4.78, 5) is 0. The van der Waals surface area contributed by atoms with Gasteiger partial charge in [-0.3, -0.25) is 0 Å². The van der Waals surface area contributed by atoms with Gasteiger partial charge in [0.1, 0.15) is 13.2 Å². The Hall–Kier alpha value is -1.36. The molecule has 1 aliphatic carbocycles. The highest BCUT2D eigenvalue weighted by Gasteiger charge is 2.47. The smallest absolute Gasteiger partial charge is 0.193 e. The highest BCUT2D eigenvalue weighted by atomic mass is 31.2. The molecule has 9 heteroatoms. The molecule has 0 N–H and O–H groups in total. The van der Waals surface area contributed by atoms with Crippen LogP contribution in [0.25, 0.3) is 0 Å². The number of hydrogen-bond donors (Lipinski definition) is 0. The molecule has 2 aromatic rings. The SMILES string of the molecule is C=C1C(=CCP(=O)(c2ccccc2)c2ccccc2)C[C@@H](O[Si](CC)(CC)CC)[C@@H](OCCCO[Si](CC)(CC)CC)[C@@H]1O[Si](CC)(CC)CC. The molecule has 3 atom stereocenters. The minimum Gasteiger partial charge on any atom is -0.417 e. The molecule has 1 fully saturated rings. The van der Waals surface area contributed by atoms with Crippen molar-refractivity contribution in [3.05, 3.63) is 84.5 Å². The molecule has 1 saturated carbocycles. The highest BCUT2D eigenvalue weighted by Crippen LogP contribution is 2.46. The van der Waals surface area contributed by atoms with Gasteiger partial charge in [0.25, 0.3) is 0 Å². The Morgan fingerprint density at radius 2 is 1.12 bits per heavy atom. The summed E-state index contributed by atoms with van der Waals surface area (Å²) >= 11 is 0. The van der Waals surface area contributed by atoms with E-state index in [1.165, 1.54) is 0 Å². The van der Waals surface area contributed by atoms with Crippen molar-refractivity contribution in [3.63, 3.8) is 0 Å². The second-order valence-electron chi connectivity index (χ2n) is 14.5. The van der Waals surface area contributed by atoms with Gasteiger partial charge in [0.05, 0.1) is 12.2 Å². The third kappa shape index (κ3) is 10.9. The topological polar surface area (TPSA) is 54.0 Å². The van der Waals surface area contributed by atoms with E-state index in [2.05, 4.69) is 68.4 Å². The normalized spacial score (nSPS) is 19.9. The first-order valence-corrected chi connectivity index (χ1v) is 29.7. The van der Waals surface area contributed by atoms with Gasteiger partial charge >= 0.3 is 0 Å². The van der Waals surface area contributed by atoms with Gasteiger partial charge in [-0.05, 0) is 72.0 Å². The Morgan fingerprint density at radius 3 is 1.57 bits per heavy atom. The van der Waals surface area contributed by atoms with E-state index in [4.69, 9.17) is 24.6 Å². The molecule has 0 bridgehead atoms. The number of hydrogen-bond acceptors (Lipinski definition) is 5. The van der Waals surface area contributed by atoms with Crippen molar-refractivity contribution in [2.75, 3.05) is 19.4 Å². The van der Waals surface area contributed by atoms with Crippen LogP contribution in [-0.4, -0.2) is 62.6 Å². The number of benzene rings is 2. The molecule has 2 aromatic carbocycles. The van der Waals surface area contributed by atoms with Crippen molar-refractivity contribution >= 4 is 42.7 Å². The van der Waals surface area contributed by atoms with Crippen molar-refractivity contribution in [1.29, 1.82) is 0 Å². The largest absolute Gasteiger partial charge is 0.417 e. The van der Waals surface area contributed by atoms with Gasteiger partial charge in [-0.25, -0.2) is 0 Å². The molecule has 0 spiro atoms. The van der Waals surface area contributed by atoms with Gasteiger partial charge in [-0.1, -0.05) is 136 Å². The van der Waals surface area contributed by atoms with Gasteiger partial charge < -0.3 is 22.6 Å². The lowest BCUT2D eigenvalue weighted by molar-refractivity contribution is -0.0871. The first-order chi connectivity index (χ1) is 24.5. The Kier molecular flexibility index (Phi) is 18.1. The Morgan fingerprint density at radius 1 is 0.667 bits per heavy atom. The number of allylic oxidation sites excluding steroid dienone is 1. The molecule has 0 aromatic heterocycles. The summed E-state index contributed by atoms with van der Waals surface area (Å²) in [5.74, 6) is 0. The maximum Gasteiger partial charge on any atom is 0.193 e. The van der Waals surface area contributed by atoms with E-state index < -0.39 is 32.1 Å². The summed E-state index contributed by atoms with van der Waals surface area (Å²) in [6, 6.07) is 29.8. The van der Waals surface area contributed by atoms with E-state index in [9.17, 15) is 0 Å². The molecule has 3 rings (SSSR count).